The van der Waals surface area contributed by atoms with Crippen LogP contribution >= 0.6 is 11.6 Å². The number of hydrogen-bond donors (Lipinski definition) is 1. The second-order valence-electron chi connectivity index (χ2n) is 5.73. The molecule has 1 fully saturated rings. The van der Waals surface area contributed by atoms with Gasteiger partial charge in [-0.1, -0.05) is 25.4 Å². The van der Waals surface area contributed by atoms with Gasteiger partial charge in [0.2, 0.25) is 0 Å². The topological polar surface area (TPSA) is 81.5 Å². The molecule has 1 aromatic carbocycles. The van der Waals surface area contributed by atoms with Crippen LogP contribution in [0.25, 0.3) is 0 Å². The highest BCUT2D eigenvalue weighted by atomic mass is 35.5. The van der Waals surface area contributed by atoms with Crippen molar-refractivity contribution >= 4 is 23.2 Å². The number of nitrogens with one attached hydrogen (secondary N) is 1. The zero-order valence-electron chi connectivity index (χ0n) is 12.1. The molecular formula is C14H17ClN2O4. The largest absolute Gasteiger partial charge is 0.381 e. The van der Waals surface area contributed by atoms with Crippen molar-refractivity contribution in [2.24, 2.45) is 5.41 Å². The van der Waals surface area contributed by atoms with E-state index in [1.54, 1.807) is 7.11 Å². The molecule has 0 aromatic heterocycles. The molecule has 21 heavy (non-hydrogen) atoms. The molecule has 2 atom stereocenters. The van der Waals surface area contributed by atoms with E-state index in [4.69, 9.17) is 16.3 Å². The number of carbonyl (C=O) groups excluding carboxylic acids is 1. The summed E-state index contributed by atoms with van der Waals surface area (Å²) in [6, 6.07) is 4.00. The lowest BCUT2D eigenvalue weighted by atomic mass is 9.64. The van der Waals surface area contributed by atoms with Gasteiger partial charge in [-0.3, -0.25) is 14.9 Å². The number of rotatable bonds is 4. The van der Waals surface area contributed by atoms with E-state index in [-0.39, 0.29) is 39.7 Å². The molecule has 0 saturated heterocycles. The molecule has 1 N–H and O–H groups in total. The average molecular weight is 313 g/mol. The molecule has 0 radical (unpaired) electrons. The Labute approximate surface area is 127 Å². The second-order valence-corrected chi connectivity index (χ2v) is 6.14. The molecule has 1 aliphatic carbocycles. The third-order valence-corrected chi connectivity index (χ3v) is 4.49. The van der Waals surface area contributed by atoms with Gasteiger partial charge in [0, 0.05) is 30.2 Å². The number of carbonyl (C=O) groups is 1. The molecule has 0 heterocycles. The maximum absolute atomic E-state index is 12.2. The summed E-state index contributed by atoms with van der Waals surface area (Å²) in [4.78, 5) is 22.4. The molecule has 6 nitrogen and oxygen atoms in total. The molecular weight excluding hydrogens is 296 g/mol. The Morgan fingerprint density at radius 2 is 2.19 bits per heavy atom. The molecule has 1 aromatic rings. The average Bonchev–Trinajstić information content (AvgIpc) is 2.42. The van der Waals surface area contributed by atoms with Gasteiger partial charge < -0.3 is 10.1 Å². The Morgan fingerprint density at radius 3 is 2.71 bits per heavy atom. The second kappa shape index (κ2) is 5.61. The molecule has 0 bridgehead atoms. The van der Waals surface area contributed by atoms with Crippen LogP contribution in [0.5, 0.6) is 0 Å². The number of ether oxygens (including phenoxy) is 1. The van der Waals surface area contributed by atoms with E-state index in [1.165, 1.54) is 18.2 Å². The summed E-state index contributed by atoms with van der Waals surface area (Å²) in [6.45, 7) is 4.03. The van der Waals surface area contributed by atoms with Crippen molar-refractivity contribution in [3.05, 3.63) is 38.9 Å². The van der Waals surface area contributed by atoms with Crippen molar-refractivity contribution < 1.29 is 14.5 Å². The van der Waals surface area contributed by atoms with Gasteiger partial charge in [0.05, 0.1) is 11.0 Å². The summed E-state index contributed by atoms with van der Waals surface area (Å²) in [5.74, 6) is -0.345. The van der Waals surface area contributed by atoms with Crippen molar-refractivity contribution in [3.63, 3.8) is 0 Å². The quantitative estimate of drug-likeness (QED) is 0.684. The van der Waals surface area contributed by atoms with Crippen LogP contribution in [0.3, 0.4) is 0 Å². The first kappa shape index (κ1) is 15.7. The predicted molar refractivity (Wildman–Crippen MR) is 78.6 cm³/mol. The highest BCUT2D eigenvalue weighted by Gasteiger charge is 2.49. The monoisotopic (exact) mass is 312 g/mol. The van der Waals surface area contributed by atoms with E-state index in [9.17, 15) is 14.9 Å². The summed E-state index contributed by atoms with van der Waals surface area (Å²) in [7, 11) is 1.65. The molecule has 114 valence electrons. The van der Waals surface area contributed by atoms with Gasteiger partial charge in [0.25, 0.3) is 11.6 Å². The van der Waals surface area contributed by atoms with Gasteiger partial charge >= 0.3 is 0 Å². The Bertz CT molecular complexity index is 588. The summed E-state index contributed by atoms with van der Waals surface area (Å²) in [5, 5.41) is 13.7. The molecule has 7 heteroatoms. The predicted octanol–water partition coefficient (Wildman–Crippen LogP) is 2.79. The van der Waals surface area contributed by atoms with Crippen LogP contribution in [0.2, 0.25) is 5.02 Å². The van der Waals surface area contributed by atoms with Crippen molar-refractivity contribution in [1.82, 2.24) is 5.32 Å². The Hall–Kier alpha value is -1.66. The third-order valence-electron chi connectivity index (χ3n) is 4.17. The van der Waals surface area contributed by atoms with Gasteiger partial charge in [-0.15, -0.1) is 0 Å². The first-order chi connectivity index (χ1) is 9.77. The first-order valence-corrected chi connectivity index (χ1v) is 6.92. The van der Waals surface area contributed by atoms with Crippen molar-refractivity contribution in [1.29, 1.82) is 0 Å². The molecule has 1 aliphatic rings. The molecule has 2 unspecified atom stereocenters. The number of nitro groups is 1. The van der Waals surface area contributed by atoms with Gasteiger partial charge in [-0.2, -0.15) is 0 Å². The third kappa shape index (κ3) is 2.87. The zero-order valence-corrected chi connectivity index (χ0v) is 12.8. The highest BCUT2D eigenvalue weighted by Crippen LogP contribution is 2.42. The van der Waals surface area contributed by atoms with E-state index >= 15 is 0 Å². The molecule has 1 saturated carbocycles. The lowest BCUT2D eigenvalue weighted by Gasteiger charge is -2.51. The Kier molecular flexibility index (Phi) is 4.20. The Morgan fingerprint density at radius 1 is 1.52 bits per heavy atom. The fourth-order valence-electron chi connectivity index (χ4n) is 2.57. The van der Waals surface area contributed by atoms with E-state index in [1.807, 2.05) is 13.8 Å². The number of benzene rings is 1. The number of halogens is 1. The minimum atomic E-state index is -0.604. The maximum atomic E-state index is 12.2. The van der Waals surface area contributed by atoms with Gasteiger partial charge in [-0.25, -0.2) is 0 Å². The number of hydrogen-bond acceptors (Lipinski definition) is 4. The molecule has 0 spiro atoms. The van der Waals surface area contributed by atoms with Gasteiger partial charge in [0.1, 0.15) is 5.02 Å². The van der Waals surface area contributed by atoms with E-state index in [2.05, 4.69) is 5.32 Å². The van der Waals surface area contributed by atoms with Crippen molar-refractivity contribution in [3.8, 4) is 0 Å². The first-order valence-electron chi connectivity index (χ1n) is 6.55. The van der Waals surface area contributed by atoms with E-state index in [0.29, 0.717) is 0 Å². The number of methoxy groups -OCH3 is 1. The number of nitrogens with zero attached hydrogens (tertiary/aromatic N) is 1. The molecule has 2 rings (SSSR count). The zero-order chi connectivity index (χ0) is 15.8. The lowest BCUT2D eigenvalue weighted by molar-refractivity contribution is -0.384. The van der Waals surface area contributed by atoms with Gasteiger partial charge in [0.15, 0.2) is 0 Å². The smallest absolute Gasteiger partial charge is 0.288 e. The summed E-state index contributed by atoms with van der Waals surface area (Å²) in [6.07, 6.45) is 0.827. The summed E-state index contributed by atoms with van der Waals surface area (Å²) < 4.78 is 5.33. The van der Waals surface area contributed by atoms with Crippen LogP contribution in [-0.4, -0.2) is 30.1 Å². The fraction of sp³-hybridized carbons (Fsp3) is 0.500. The number of amides is 1. The van der Waals surface area contributed by atoms with Crippen LogP contribution in [0.15, 0.2) is 18.2 Å². The normalized spacial score (nSPS) is 23.2. The van der Waals surface area contributed by atoms with Gasteiger partial charge in [-0.05, 0) is 18.6 Å². The Balaban J connectivity index is 2.12. The fourth-order valence-corrected chi connectivity index (χ4v) is 2.75. The summed E-state index contributed by atoms with van der Waals surface area (Å²) >= 11 is 5.73. The minimum absolute atomic E-state index is 0.0139. The minimum Gasteiger partial charge on any atom is -0.381 e. The van der Waals surface area contributed by atoms with Crippen molar-refractivity contribution in [2.75, 3.05) is 7.11 Å². The number of nitro benzene ring substituents is 1. The SMILES string of the molecule is COC1CC(NC(=O)c2ccc(Cl)c([N+](=O)[O-])c2)C1(C)C. The van der Waals surface area contributed by atoms with E-state index in [0.717, 1.165) is 6.42 Å². The van der Waals surface area contributed by atoms with Crippen LogP contribution < -0.4 is 5.32 Å². The molecule has 1 amide bonds. The molecule has 0 aliphatic heterocycles. The van der Waals surface area contributed by atoms with Crippen LogP contribution in [0, 0.1) is 15.5 Å². The van der Waals surface area contributed by atoms with Crippen LogP contribution in [0.1, 0.15) is 30.6 Å². The maximum Gasteiger partial charge on any atom is 0.288 e. The van der Waals surface area contributed by atoms with Crippen molar-refractivity contribution in [2.45, 2.75) is 32.4 Å². The summed E-state index contributed by atoms with van der Waals surface area (Å²) in [5.41, 5.74) is -0.210. The lowest BCUT2D eigenvalue weighted by Crippen LogP contribution is -2.61. The van der Waals surface area contributed by atoms with E-state index < -0.39 is 4.92 Å². The standard InChI is InChI=1S/C14H17ClN2O4/c1-14(2)11(7-12(14)21-3)16-13(18)8-4-5-9(15)10(6-8)17(19)20/h4-6,11-12H,7H2,1-3H3,(H,16,18). The van der Waals surface area contributed by atoms with Crippen LogP contribution in [0.4, 0.5) is 5.69 Å². The highest BCUT2D eigenvalue weighted by molar-refractivity contribution is 6.32. The van der Waals surface area contributed by atoms with Crippen LogP contribution in [-0.2, 0) is 4.74 Å².